The van der Waals surface area contributed by atoms with Crippen molar-refractivity contribution in [1.82, 2.24) is 14.8 Å². The van der Waals surface area contributed by atoms with Crippen molar-refractivity contribution in [3.63, 3.8) is 0 Å². The number of nitrogens with one attached hydrogen (secondary N) is 1. The molecule has 0 saturated heterocycles. The highest BCUT2D eigenvalue weighted by Crippen LogP contribution is 2.27. The topological polar surface area (TPSA) is 69.0 Å². The molecule has 0 unspecified atom stereocenters. The third-order valence-corrected chi connectivity index (χ3v) is 5.46. The molecular weight excluding hydrogens is 402 g/mol. The molecule has 0 radical (unpaired) electrons. The van der Waals surface area contributed by atoms with Crippen LogP contribution in [0.1, 0.15) is 37.1 Å². The number of rotatable bonds is 6. The van der Waals surface area contributed by atoms with Crippen molar-refractivity contribution in [2.75, 3.05) is 12.4 Å². The molecule has 162 valence electrons. The fourth-order valence-electron chi connectivity index (χ4n) is 3.81. The zero-order chi connectivity index (χ0) is 21.8. The van der Waals surface area contributed by atoms with E-state index in [0.29, 0.717) is 29.1 Å². The van der Waals surface area contributed by atoms with Crippen LogP contribution in [0, 0.1) is 11.6 Å². The summed E-state index contributed by atoms with van der Waals surface area (Å²) in [6.07, 6.45) is 4.53. The number of carbonyl (C=O) groups excluding carboxylic acids is 1. The minimum absolute atomic E-state index is 0.165. The van der Waals surface area contributed by atoms with Crippen LogP contribution < -0.4 is 10.1 Å². The third kappa shape index (κ3) is 4.73. The van der Waals surface area contributed by atoms with Crippen molar-refractivity contribution in [2.24, 2.45) is 0 Å². The maximum Gasteiger partial charge on any atom is 0.224 e. The lowest BCUT2D eigenvalue weighted by molar-refractivity contribution is -0.116. The van der Waals surface area contributed by atoms with Gasteiger partial charge in [-0.3, -0.25) is 4.79 Å². The van der Waals surface area contributed by atoms with Gasteiger partial charge in [-0.1, -0.05) is 12.5 Å². The number of hydrogen-bond donors (Lipinski definition) is 1. The van der Waals surface area contributed by atoms with Crippen LogP contribution in [-0.2, 0) is 24.2 Å². The normalized spacial score (nSPS) is 13.4. The molecule has 8 heteroatoms. The number of nitrogens with zero attached hydrogens (tertiary/aromatic N) is 3. The summed E-state index contributed by atoms with van der Waals surface area (Å²) in [5, 5.41) is 11.2. The number of fused-ring (bicyclic) bond motifs is 1. The molecule has 0 saturated carbocycles. The van der Waals surface area contributed by atoms with E-state index in [4.69, 9.17) is 4.74 Å². The van der Waals surface area contributed by atoms with E-state index in [-0.39, 0.29) is 18.1 Å². The second kappa shape index (κ2) is 9.24. The lowest BCUT2D eigenvalue weighted by atomic mass is 10.1. The third-order valence-electron chi connectivity index (χ3n) is 5.46. The molecule has 31 heavy (non-hydrogen) atoms. The van der Waals surface area contributed by atoms with E-state index in [1.807, 2.05) is 4.57 Å². The van der Waals surface area contributed by atoms with Crippen molar-refractivity contribution in [3.8, 4) is 17.1 Å². The highest BCUT2D eigenvalue weighted by atomic mass is 19.1. The second-order valence-corrected chi connectivity index (χ2v) is 7.61. The zero-order valence-electron chi connectivity index (χ0n) is 17.3. The van der Waals surface area contributed by atoms with Crippen LogP contribution in [0.5, 0.6) is 5.75 Å². The number of aryl methyl sites for hydroxylation is 2. The largest absolute Gasteiger partial charge is 0.494 e. The molecule has 0 fully saturated rings. The summed E-state index contributed by atoms with van der Waals surface area (Å²) in [6.45, 7) is 0.756. The summed E-state index contributed by atoms with van der Waals surface area (Å²) in [5.74, 6) is 0.404. The van der Waals surface area contributed by atoms with E-state index in [0.717, 1.165) is 38.1 Å². The van der Waals surface area contributed by atoms with Crippen molar-refractivity contribution >= 4 is 11.6 Å². The second-order valence-electron chi connectivity index (χ2n) is 7.61. The minimum atomic E-state index is -0.462. The number of halogens is 2. The Bertz CT molecular complexity index is 1100. The number of ether oxygens (including phenoxy) is 1. The predicted molar refractivity (Wildman–Crippen MR) is 113 cm³/mol. The average molecular weight is 426 g/mol. The fourth-order valence-corrected chi connectivity index (χ4v) is 3.81. The number of aromatic nitrogens is 3. The molecule has 0 spiro atoms. The Morgan fingerprint density at radius 1 is 1.10 bits per heavy atom. The predicted octanol–water partition coefficient (Wildman–Crippen LogP) is 4.53. The van der Waals surface area contributed by atoms with Gasteiger partial charge < -0.3 is 14.6 Å². The Morgan fingerprint density at radius 3 is 2.77 bits per heavy atom. The Kier molecular flexibility index (Phi) is 6.25. The molecule has 0 bridgehead atoms. The molecule has 1 aliphatic rings. The highest BCUT2D eigenvalue weighted by Gasteiger charge is 2.19. The lowest BCUT2D eigenvalue weighted by Crippen LogP contribution is -2.13. The van der Waals surface area contributed by atoms with Crippen molar-refractivity contribution in [3.05, 3.63) is 59.4 Å². The average Bonchev–Trinajstić information content (AvgIpc) is 3.01. The van der Waals surface area contributed by atoms with Crippen LogP contribution in [-0.4, -0.2) is 27.8 Å². The molecule has 2 aromatic carbocycles. The molecule has 1 amide bonds. The smallest absolute Gasteiger partial charge is 0.224 e. The van der Waals surface area contributed by atoms with Crippen molar-refractivity contribution in [2.45, 2.75) is 45.1 Å². The van der Waals surface area contributed by atoms with E-state index in [2.05, 4.69) is 15.5 Å². The van der Waals surface area contributed by atoms with E-state index in [1.54, 1.807) is 12.1 Å². The van der Waals surface area contributed by atoms with Gasteiger partial charge in [0.25, 0.3) is 0 Å². The van der Waals surface area contributed by atoms with Gasteiger partial charge in [0.1, 0.15) is 11.6 Å². The Labute approximate surface area is 179 Å². The van der Waals surface area contributed by atoms with Gasteiger partial charge in [-0.05, 0) is 55.2 Å². The van der Waals surface area contributed by atoms with Crippen LogP contribution in [0.2, 0.25) is 0 Å². The highest BCUT2D eigenvalue weighted by molar-refractivity contribution is 5.91. The molecule has 2 heterocycles. The SMILES string of the molecule is COc1ccc(CCC(=O)Nc2ccc(F)c(-c3nnc4n3CCCCC4)c2)cc1F. The first kappa shape index (κ1) is 21.0. The number of amides is 1. The standard InChI is InChI=1S/C23H24F2N4O2/c1-31-20-10-6-15(13-19(20)25)7-11-22(30)26-16-8-9-18(24)17(14-16)23-28-27-21-5-3-2-4-12-29(21)23/h6,8-10,13-14H,2-5,7,11-12H2,1H3,(H,26,30). The van der Waals surface area contributed by atoms with Gasteiger partial charge in [0.2, 0.25) is 5.91 Å². The van der Waals surface area contributed by atoms with Crippen LogP contribution in [0.4, 0.5) is 14.5 Å². The first-order chi connectivity index (χ1) is 15.0. The molecule has 0 atom stereocenters. The molecule has 1 N–H and O–H groups in total. The number of anilines is 1. The lowest BCUT2D eigenvalue weighted by Gasteiger charge is -2.11. The number of hydrogen-bond acceptors (Lipinski definition) is 4. The Morgan fingerprint density at radius 2 is 1.97 bits per heavy atom. The van der Waals surface area contributed by atoms with Crippen LogP contribution in [0.3, 0.4) is 0 Å². The molecule has 3 aromatic rings. The summed E-state index contributed by atoms with van der Waals surface area (Å²) in [7, 11) is 1.40. The molecule has 6 nitrogen and oxygen atoms in total. The van der Waals surface area contributed by atoms with E-state index >= 15 is 0 Å². The zero-order valence-corrected chi connectivity index (χ0v) is 17.3. The van der Waals surface area contributed by atoms with Gasteiger partial charge in [-0.25, -0.2) is 8.78 Å². The van der Waals surface area contributed by atoms with Gasteiger partial charge in [-0.2, -0.15) is 0 Å². The van der Waals surface area contributed by atoms with Gasteiger partial charge in [0, 0.05) is 25.1 Å². The summed E-state index contributed by atoms with van der Waals surface area (Å²) >= 11 is 0. The van der Waals surface area contributed by atoms with Crippen molar-refractivity contribution in [1.29, 1.82) is 0 Å². The summed E-state index contributed by atoms with van der Waals surface area (Å²) < 4.78 is 35.3. The van der Waals surface area contributed by atoms with Crippen molar-refractivity contribution < 1.29 is 18.3 Å². The first-order valence-electron chi connectivity index (χ1n) is 10.4. The van der Waals surface area contributed by atoms with Crippen LogP contribution in [0.25, 0.3) is 11.4 Å². The summed E-state index contributed by atoms with van der Waals surface area (Å²) in [4.78, 5) is 12.4. The van der Waals surface area contributed by atoms with E-state index in [9.17, 15) is 13.6 Å². The quantitative estimate of drug-likeness (QED) is 0.629. The maximum atomic E-state index is 14.6. The summed E-state index contributed by atoms with van der Waals surface area (Å²) in [6, 6.07) is 9.05. The van der Waals surface area contributed by atoms with E-state index < -0.39 is 11.6 Å². The Balaban J connectivity index is 1.46. The minimum Gasteiger partial charge on any atom is -0.494 e. The van der Waals surface area contributed by atoms with Gasteiger partial charge in [-0.15, -0.1) is 10.2 Å². The number of benzene rings is 2. The van der Waals surface area contributed by atoms with Crippen LogP contribution >= 0.6 is 0 Å². The van der Waals surface area contributed by atoms with Crippen LogP contribution in [0.15, 0.2) is 36.4 Å². The summed E-state index contributed by atoms with van der Waals surface area (Å²) in [5.41, 5.74) is 1.49. The molecule has 0 aliphatic carbocycles. The molecule has 1 aliphatic heterocycles. The molecular formula is C23H24F2N4O2. The fraction of sp³-hybridized carbons (Fsp3) is 0.348. The number of carbonyl (C=O) groups is 1. The molecule has 1 aromatic heterocycles. The van der Waals surface area contributed by atoms with E-state index in [1.165, 1.54) is 31.4 Å². The first-order valence-corrected chi connectivity index (χ1v) is 10.4. The number of methoxy groups -OCH3 is 1. The van der Waals surface area contributed by atoms with Gasteiger partial charge in [0.05, 0.1) is 12.7 Å². The maximum absolute atomic E-state index is 14.6. The molecule has 4 rings (SSSR count). The monoisotopic (exact) mass is 426 g/mol. The Hall–Kier alpha value is -3.29. The van der Waals surface area contributed by atoms with Gasteiger partial charge >= 0.3 is 0 Å². The van der Waals surface area contributed by atoms with Gasteiger partial charge in [0.15, 0.2) is 17.4 Å².